The summed E-state index contributed by atoms with van der Waals surface area (Å²) in [6.45, 7) is 6.90. The van der Waals surface area contributed by atoms with Crippen LogP contribution in [-0.4, -0.2) is 54.1 Å². The zero-order chi connectivity index (χ0) is 14.7. The standard InChI is InChI=1S/C16H27N5/c1-3-14-18-15(17-2)11-16(19-14)21-10-7-13(12-21)20-8-5-4-6-9-20/h11,13H,3-10,12H2,1-2H3,(H,17,18,19). The molecule has 3 heterocycles. The Balaban J connectivity index is 1.70. The van der Waals surface area contributed by atoms with E-state index in [0.717, 1.165) is 37.0 Å². The fraction of sp³-hybridized carbons (Fsp3) is 0.750. The van der Waals surface area contributed by atoms with Crippen LogP contribution in [0.15, 0.2) is 6.07 Å². The molecule has 5 heteroatoms. The van der Waals surface area contributed by atoms with Gasteiger partial charge in [0.05, 0.1) is 0 Å². The molecule has 1 N–H and O–H groups in total. The molecule has 0 bridgehead atoms. The Labute approximate surface area is 127 Å². The minimum Gasteiger partial charge on any atom is -0.373 e. The number of rotatable bonds is 4. The maximum Gasteiger partial charge on any atom is 0.134 e. The number of aromatic nitrogens is 2. The number of aryl methyl sites for hydroxylation is 1. The van der Waals surface area contributed by atoms with E-state index in [1.54, 1.807) is 0 Å². The summed E-state index contributed by atoms with van der Waals surface area (Å²) >= 11 is 0. The van der Waals surface area contributed by atoms with Gasteiger partial charge in [-0.25, -0.2) is 9.97 Å². The summed E-state index contributed by atoms with van der Waals surface area (Å²) in [5.41, 5.74) is 0. The average molecular weight is 289 g/mol. The maximum atomic E-state index is 4.72. The predicted octanol–water partition coefficient (Wildman–Crippen LogP) is 2.15. The van der Waals surface area contributed by atoms with Crippen LogP contribution in [0.25, 0.3) is 0 Å². The van der Waals surface area contributed by atoms with Gasteiger partial charge in [-0.2, -0.15) is 0 Å². The number of anilines is 2. The molecule has 2 saturated heterocycles. The lowest BCUT2D eigenvalue weighted by molar-refractivity contribution is 0.175. The van der Waals surface area contributed by atoms with Crippen LogP contribution >= 0.6 is 0 Å². The van der Waals surface area contributed by atoms with Gasteiger partial charge >= 0.3 is 0 Å². The molecule has 2 aliphatic rings. The average Bonchev–Trinajstić information content (AvgIpc) is 3.05. The van der Waals surface area contributed by atoms with Crippen LogP contribution in [0.4, 0.5) is 11.6 Å². The molecular formula is C16H27N5. The lowest BCUT2D eigenvalue weighted by Gasteiger charge is -2.32. The van der Waals surface area contributed by atoms with Crippen LogP contribution in [0.5, 0.6) is 0 Å². The number of piperidine rings is 1. The summed E-state index contributed by atoms with van der Waals surface area (Å²) in [5.74, 6) is 2.95. The first-order valence-electron chi connectivity index (χ1n) is 8.35. The summed E-state index contributed by atoms with van der Waals surface area (Å²) in [6.07, 6.45) is 6.29. The zero-order valence-electron chi connectivity index (χ0n) is 13.3. The summed E-state index contributed by atoms with van der Waals surface area (Å²) < 4.78 is 0. The molecule has 1 aromatic rings. The first-order chi connectivity index (χ1) is 10.3. The molecular weight excluding hydrogens is 262 g/mol. The monoisotopic (exact) mass is 289 g/mol. The smallest absolute Gasteiger partial charge is 0.134 e. The SMILES string of the molecule is CCc1nc(NC)cc(N2CCC(N3CCCCC3)C2)n1. The molecule has 0 radical (unpaired) electrons. The first kappa shape index (κ1) is 14.6. The molecule has 0 aliphatic carbocycles. The van der Waals surface area contributed by atoms with Gasteiger partial charge in [0.15, 0.2) is 0 Å². The Morgan fingerprint density at radius 2 is 2.00 bits per heavy atom. The van der Waals surface area contributed by atoms with E-state index in [2.05, 4.69) is 33.1 Å². The zero-order valence-corrected chi connectivity index (χ0v) is 13.3. The Hall–Kier alpha value is -1.36. The fourth-order valence-corrected chi connectivity index (χ4v) is 3.46. The van der Waals surface area contributed by atoms with E-state index in [4.69, 9.17) is 4.98 Å². The van der Waals surface area contributed by atoms with E-state index >= 15 is 0 Å². The Morgan fingerprint density at radius 1 is 1.19 bits per heavy atom. The van der Waals surface area contributed by atoms with E-state index < -0.39 is 0 Å². The molecule has 0 aromatic carbocycles. The van der Waals surface area contributed by atoms with E-state index in [1.807, 2.05) is 7.05 Å². The van der Waals surface area contributed by atoms with Crippen LogP contribution < -0.4 is 10.2 Å². The molecule has 1 aromatic heterocycles. The van der Waals surface area contributed by atoms with Gasteiger partial charge in [0.2, 0.25) is 0 Å². The molecule has 0 spiro atoms. The van der Waals surface area contributed by atoms with Gasteiger partial charge in [0.25, 0.3) is 0 Å². The van der Waals surface area contributed by atoms with Gasteiger partial charge < -0.3 is 10.2 Å². The molecule has 21 heavy (non-hydrogen) atoms. The maximum absolute atomic E-state index is 4.72. The quantitative estimate of drug-likeness (QED) is 0.920. The van der Waals surface area contributed by atoms with Gasteiger partial charge in [-0.3, -0.25) is 4.90 Å². The topological polar surface area (TPSA) is 44.3 Å². The van der Waals surface area contributed by atoms with Gasteiger partial charge in [0, 0.05) is 38.7 Å². The van der Waals surface area contributed by atoms with Crippen molar-refractivity contribution in [3.63, 3.8) is 0 Å². The van der Waals surface area contributed by atoms with Crippen molar-refractivity contribution in [1.82, 2.24) is 14.9 Å². The van der Waals surface area contributed by atoms with Crippen molar-refractivity contribution in [1.29, 1.82) is 0 Å². The summed E-state index contributed by atoms with van der Waals surface area (Å²) in [6, 6.07) is 2.79. The van der Waals surface area contributed by atoms with Gasteiger partial charge in [-0.1, -0.05) is 13.3 Å². The Kier molecular flexibility index (Phi) is 4.58. The van der Waals surface area contributed by atoms with E-state index in [-0.39, 0.29) is 0 Å². The summed E-state index contributed by atoms with van der Waals surface area (Å²) in [7, 11) is 1.92. The van der Waals surface area contributed by atoms with Gasteiger partial charge in [-0.05, 0) is 32.4 Å². The highest BCUT2D eigenvalue weighted by molar-refractivity contribution is 5.50. The van der Waals surface area contributed by atoms with Crippen LogP contribution in [0.3, 0.4) is 0 Å². The number of nitrogens with one attached hydrogen (secondary N) is 1. The van der Waals surface area contributed by atoms with Crippen molar-refractivity contribution in [2.75, 3.05) is 43.4 Å². The van der Waals surface area contributed by atoms with Crippen LogP contribution in [0.2, 0.25) is 0 Å². The lowest BCUT2D eigenvalue weighted by atomic mass is 10.1. The second-order valence-electron chi connectivity index (χ2n) is 6.12. The minimum absolute atomic E-state index is 0.711. The molecule has 2 aliphatic heterocycles. The van der Waals surface area contributed by atoms with Crippen molar-refractivity contribution in [2.45, 2.75) is 45.1 Å². The first-order valence-corrected chi connectivity index (χ1v) is 8.35. The third-order valence-electron chi connectivity index (χ3n) is 4.73. The van der Waals surface area contributed by atoms with Crippen molar-refractivity contribution >= 4 is 11.6 Å². The highest BCUT2D eigenvalue weighted by Crippen LogP contribution is 2.25. The largest absolute Gasteiger partial charge is 0.373 e. The minimum atomic E-state index is 0.711. The Morgan fingerprint density at radius 3 is 2.71 bits per heavy atom. The van der Waals surface area contributed by atoms with Crippen molar-refractivity contribution in [2.24, 2.45) is 0 Å². The van der Waals surface area contributed by atoms with E-state index in [9.17, 15) is 0 Å². The predicted molar refractivity (Wildman–Crippen MR) is 87.0 cm³/mol. The van der Waals surface area contributed by atoms with E-state index in [0.29, 0.717) is 6.04 Å². The molecule has 2 fully saturated rings. The molecule has 0 amide bonds. The number of hydrogen-bond donors (Lipinski definition) is 1. The third kappa shape index (κ3) is 3.28. The van der Waals surface area contributed by atoms with Crippen molar-refractivity contribution in [3.8, 4) is 0 Å². The molecule has 3 rings (SSSR count). The number of nitrogens with zero attached hydrogens (tertiary/aromatic N) is 4. The highest BCUT2D eigenvalue weighted by Gasteiger charge is 2.29. The fourth-order valence-electron chi connectivity index (χ4n) is 3.46. The van der Waals surface area contributed by atoms with Crippen molar-refractivity contribution in [3.05, 3.63) is 11.9 Å². The third-order valence-corrected chi connectivity index (χ3v) is 4.73. The van der Waals surface area contributed by atoms with Gasteiger partial charge in [0.1, 0.15) is 17.5 Å². The molecule has 1 unspecified atom stereocenters. The highest BCUT2D eigenvalue weighted by atomic mass is 15.3. The normalized spacial score (nSPS) is 23.5. The van der Waals surface area contributed by atoms with Crippen molar-refractivity contribution < 1.29 is 0 Å². The van der Waals surface area contributed by atoms with Crippen LogP contribution in [-0.2, 0) is 6.42 Å². The van der Waals surface area contributed by atoms with Crippen LogP contribution in [0.1, 0.15) is 38.4 Å². The van der Waals surface area contributed by atoms with Crippen LogP contribution in [0, 0.1) is 0 Å². The Bertz CT molecular complexity index is 447. The molecule has 116 valence electrons. The lowest BCUT2D eigenvalue weighted by Crippen LogP contribution is -2.41. The second-order valence-corrected chi connectivity index (χ2v) is 6.12. The summed E-state index contributed by atoms with van der Waals surface area (Å²) in [4.78, 5) is 14.3. The molecule has 1 atom stereocenters. The van der Waals surface area contributed by atoms with E-state index in [1.165, 1.54) is 38.8 Å². The summed E-state index contributed by atoms with van der Waals surface area (Å²) in [5, 5.41) is 3.15. The second kappa shape index (κ2) is 6.60. The molecule has 0 saturated carbocycles. The number of likely N-dealkylation sites (tertiary alicyclic amines) is 1. The number of hydrogen-bond acceptors (Lipinski definition) is 5. The molecule has 5 nitrogen and oxygen atoms in total. The van der Waals surface area contributed by atoms with Gasteiger partial charge in [-0.15, -0.1) is 0 Å².